The molecule has 1 unspecified atom stereocenters. The number of aliphatic hydroxyl groups is 1. The maximum absolute atomic E-state index is 8.78. The smallest absolute Gasteiger partial charge is 0.0433 e. The maximum Gasteiger partial charge on any atom is 0.0433 e. The molecule has 2 N–H and O–H groups in total. The fourth-order valence-corrected chi connectivity index (χ4v) is 1.74. The van der Waals surface area contributed by atoms with Gasteiger partial charge in [0.2, 0.25) is 0 Å². The number of piperidine rings is 1. The molecule has 1 saturated heterocycles. The lowest BCUT2D eigenvalue weighted by Crippen LogP contribution is -2.35. The van der Waals surface area contributed by atoms with Gasteiger partial charge >= 0.3 is 0 Å². The second-order valence-electron chi connectivity index (χ2n) is 3.16. The van der Waals surface area contributed by atoms with E-state index in [-0.39, 0.29) is 0 Å². The van der Waals surface area contributed by atoms with Crippen LogP contribution in [0.25, 0.3) is 0 Å². The van der Waals surface area contributed by atoms with E-state index in [4.69, 9.17) is 5.11 Å². The van der Waals surface area contributed by atoms with Gasteiger partial charge in [-0.25, -0.2) is 0 Å². The van der Waals surface area contributed by atoms with Gasteiger partial charge < -0.3 is 10.4 Å². The molecule has 0 aromatic carbocycles. The number of aliphatic hydroxyl groups excluding tert-OH is 1. The third kappa shape index (κ3) is 2.31. The topological polar surface area (TPSA) is 32.3 Å². The van der Waals surface area contributed by atoms with E-state index in [0.29, 0.717) is 18.4 Å². The lowest BCUT2D eigenvalue weighted by Gasteiger charge is -2.29. The Kier molecular flexibility index (Phi) is 3.60. The largest absolute Gasteiger partial charge is 0.396 e. The zero-order chi connectivity index (χ0) is 8.10. The summed E-state index contributed by atoms with van der Waals surface area (Å²) in [7, 11) is 0. The first-order valence-corrected chi connectivity index (χ1v) is 4.32. The number of nitrogens with one attached hydrogen (secondary N) is 1. The lowest BCUT2D eigenvalue weighted by molar-refractivity contribution is 0.208. The van der Waals surface area contributed by atoms with Gasteiger partial charge in [0.15, 0.2) is 0 Å². The molecule has 0 bridgehead atoms. The molecule has 11 heavy (non-hydrogen) atoms. The van der Waals surface area contributed by atoms with Gasteiger partial charge in [0.05, 0.1) is 0 Å². The first-order valence-electron chi connectivity index (χ1n) is 4.32. The number of hydrogen-bond acceptors (Lipinski definition) is 2. The van der Waals surface area contributed by atoms with Gasteiger partial charge in [-0.1, -0.05) is 6.08 Å². The van der Waals surface area contributed by atoms with Crippen molar-refractivity contribution in [1.82, 2.24) is 5.32 Å². The van der Waals surface area contributed by atoms with E-state index < -0.39 is 0 Å². The quantitative estimate of drug-likeness (QED) is 0.590. The molecule has 1 aliphatic heterocycles. The summed E-state index contributed by atoms with van der Waals surface area (Å²) in [4.78, 5) is 0. The molecule has 0 spiro atoms. The predicted octanol–water partition coefficient (Wildman–Crippen LogP) is 0.780. The molecule has 0 aromatic rings. The van der Waals surface area contributed by atoms with Crippen LogP contribution in [0.2, 0.25) is 0 Å². The normalized spacial score (nSPS) is 31.7. The van der Waals surface area contributed by atoms with E-state index in [9.17, 15) is 0 Å². The monoisotopic (exact) mass is 155 g/mol. The highest BCUT2D eigenvalue weighted by molar-refractivity contribution is 4.89. The van der Waals surface area contributed by atoms with Crippen molar-refractivity contribution in [2.75, 3.05) is 19.7 Å². The Hall–Kier alpha value is -0.340. The lowest BCUT2D eigenvalue weighted by atomic mass is 9.84. The zero-order valence-corrected chi connectivity index (χ0v) is 6.92. The van der Waals surface area contributed by atoms with Crippen LogP contribution < -0.4 is 5.32 Å². The first kappa shape index (κ1) is 8.75. The molecule has 64 valence electrons. The Balaban J connectivity index is 2.37. The minimum atomic E-state index is 0.314. The minimum absolute atomic E-state index is 0.314. The molecule has 0 aliphatic carbocycles. The molecule has 2 heteroatoms. The maximum atomic E-state index is 8.78. The van der Waals surface area contributed by atoms with Crippen molar-refractivity contribution in [1.29, 1.82) is 0 Å². The Labute approximate surface area is 68.3 Å². The van der Waals surface area contributed by atoms with Gasteiger partial charge in [0, 0.05) is 13.2 Å². The van der Waals surface area contributed by atoms with Gasteiger partial charge in [-0.15, -0.1) is 6.58 Å². The molecule has 1 aliphatic rings. The molecule has 0 amide bonds. The Morgan fingerprint density at radius 3 is 3.09 bits per heavy atom. The average molecular weight is 155 g/mol. The van der Waals surface area contributed by atoms with Crippen molar-refractivity contribution < 1.29 is 5.11 Å². The molecular formula is C9H17NO. The third-order valence-corrected chi connectivity index (χ3v) is 2.48. The SMILES string of the molecule is C=C[C@H]1CNCCC1CCO. The minimum Gasteiger partial charge on any atom is -0.396 e. The molecule has 1 heterocycles. The van der Waals surface area contributed by atoms with Crippen LogP contribution in [0.15, 0.2) is 12.7 Å². The Bertz CT molecular complexity index is 123. The molecule has 2 nitrogen and oxygen atoms in total. The summed E-state index contributed by atoms with van der Waals surface area (Å²) in [5, 5.41) is 12.1. The second-order valence-corrected chi connectivity index (χ2v) is 3.16. The summed E-state index contributed by atoms with van der Waals surface area (Å²) < 4.78 is 0. The van der Waals surface area contributed by atoms with Crippen LogP contribution in [-0.2, 0) is 0 Å². The van der Waals surface area contributed by atoms with Crippen molar-refractivity contribution in [3.05, 3.63) is 12.7 Å². The highest BCUT2D eigenvalue weighted by Gasteiger charge is 2.21. The molecule has 2 atom stereocenters. The molecule has 1 fully saturated rings. The third-order valence-electron chi connectivity index (χ3n) is 2.48. The van der Waals surface area contributed by atoms with E-state index in [1.165, 1.54) is 6.42 Å². The van der Waals surface area contributed by atoms with E-state index in [1.807, 2.05) is 6.08 Å². The number of hydrogen-bond donors (Lipinski definition) is 2. The van der Waals surface area contributed by atoms with E-state index in [2.05, 4.69) is 11.9 Å². The summed E-state index contributed by atoms with van der Waals surface area (Å²) in [5.74, 6) is 1.22. The molecular weight excluding hydrogens is 138 g/mol. The van der Waals surface area contributed by atoms with E-state index >= 15 is 0 Å². The van der Waals surface area contributed by atoms with Crippen LogP contribution in [0, 0.1) is 11.8 Å². The predicted molar refractivity (Wildman–Crippen MR) is 46.4 cm³/mol. The van der Waals surface area contributed by atoms with Crippen molar-refractivity contribution in [3.8, 4) is 0 Å². The van der Waals surface area contributed by atoms with E-state index in [0.717, 1.165) is 19.5 Å². The first-order chi connectivity index (χ1) is 5.38. The summed E-state index contributed by atoms with van der Waals surface area (Å²) in [6.45, 7) is 6.24. The Morgan fingerprint density at radius 2 is 2.45 bits per heavy atom. The van der Waals surface area contributed by atoms with Gasteiger partial charge in [0.25, 0.3) is 0 Å². The molecule has 0 aromatic heterocycles. The second kappa shape index (κ2) is 4.52. The van der Waals surface area contributed by atoms with Gasteiger partial charge in [-0.05, 0) is 31.2 Å². The molecule has 0 radical (unpaired) electrons. The summed E-state index contributed by atoms with van der Waals surface area (Å²) in [5.41, 5.74) is 0. The van der Waals surface area contributed by atoms with Gasteiger partial charge in [-0.2, -0.15) is 0 Å². The van der Waals surface area contributed by atoms with Gasteiger partial charge in [-0.3, -0.25) is 0 Å². The van der Waals surface area contributed by atoms with Crippen LogP contribution in [0.1, 0.15) is 12.8 Å². The van der Waals surface area contributed by atoms with Crippen molar-refractivity contribution in [2.24, 2.45) is 11.8 Å². The van der Waals surface area contributed by atoms with Gasteiger partial charge in [0.1, 0.15) is 0 Å². The summed E-state index contributed by atoms with van der Waals surface area (Å²) >= 11 is 0. The number of rotatable bonds is 3. The average Bonchev–Trinajstić information content (AvgIpc) is 2.06. The van der Waals surface area contributed by atoms with Crippen molar-refractivity contribution in [3.63, 3.8) is 0 Å². The summed E-state index contributed by atoms with van der Waals surface area (Å²) in [6.07, 6.45) is 4.11. The van der Waals surface area contributed by atoms with Crippen LogP contribution in [0.5, 0.6) is 0 Å². The van der Waals surface area contributed by atoms with Crippen LogP contribution in [0.4, 0.5) is 0 Å². The highest BCUT2D eigenvalue weighted by Crippen LogP contribution is 2.22. The van der Waals surface area contributed by atoms with Crippen LogP contribution in [-0.4, -0.2) is 24.8 Å². The van der Waals surface area contributed by atoms with E-state index in [1.54, 1.807) is 0 Å². The molecule has 1 rings (SSSR count). The standard InChI is InChI=1S/C9H17NO/c1-2-8-7-10-5-3-9(8)4-6-11/h2,8-11H,1,3-7H2/t8-,9?/m0/s1. The summed E-state index contributed by atoms with van der Waals surface area (Å²) in [6, 6.07) is 0. The van der Waals surface area contributed by atoms with Crippen LogP contribution in [0.3, 0.4) is 0 Å². The zero-order valence-electron chi connectivity index (χ0n) is 6.92. The van der Waals surface area contributed by atoms with Crippen LogP contribution >= 0.6 is 0 Å². The fraction of sp³-hybridized carbons (Fsp3) is 0.778. The van der Waals surface area contributed by atoms with Crippen molar-refractivity contribution in [2.45, 2.75) is 12.8 Å². The highest BCUT2D eigenvalue weighted by atomic mass is 16.3. The van der Waals surface area contributed by atoms with Crippen molar-refractivity contribution >= 4 is 0 Å². The molecule has 0 saturated carbocycles. The fourth-order valence-electron chi connectivity index (χ4n) is 1.74. The Morgan fingerprint density at radius 1 is 1.64 bits per heavy atom.